The summed E-state index contributed by atoms with van der Waals surface area (Å²) >= 11 is 0. The van der Waals surface area contributed by atoms with Crippen molar-refractivity contribution < 1.29 is 9.90 Å². The molecule has 3 atom stereocenters. The Morgan fingerprint density at radius 1 is 1.26 bits per heavy atom. The van der Waals surface area contributed by atoms with Gasteiger partial charge in [-0.1, -0.05) is 43.2 Å². The van der Waals surface area contributed by atoms with Crippen LogP contribution in [0.25, 0.3) is 0 Å². The average molecular weight is 319 g/mol. The van der Waals surface area contributed by atoms with Gasteiger partial charge >= 0.3 is 6.03 Å². The highest BCUT2D eigenvalue weighted by Crippen LogP contribution is 2.18. The van der Waals surface area contributed by atoms with E-state index in [-0.39, 0.29) is 18.1 Å². The van der Waals surface area contributed by atoms with Crippen molar-refractivity contribution in [3.05, 3.63) is 35.9 Å². The Balaban J connectivity index is 1.80. The molecule has 3 N–H and O–H groups in total. The number of hydrogen-bond acceptors (Lipinski definition) is 3. The summed E-state index contributed by atoms with van der Waals surface area (Å²) in [7, 11) is 4.05. The van der Waals surface area contributed by atoms with E-state index in [1.807, 2.05) is 32.3 Å². The Labute approximate surface area is 139 Å². The predicted molar refractivity (Wildman–Crippen MR) is 92.4 cm³/mol. The number of carbonyl (C=O) groups excluding carboxylic acids is 1. The van der Waals surface area contributed by atoms with Crippen molar-refractivity contribution in [3.8, 4) is 0 Å². The summed E-state index contributed by atoms with van der Waals surface area (Å²) in [6.07, 6.45) is 4.22. The van der Waals surface area contributed by atoms with Crippen molar-refractivity contribution in [2.24, 2.45) is 0 Å². The molecule has 23 heavy (non-hydrogen) atoms. The van der Waals surface area contributed by atoms with Gasteiger partial charge in [-0.05, 0) is 38.9 Å². The predicted octanol–water partition coefficient (Wildman–Crippen LogP) is 1.76. The molecule has 0 saturated heterocycles. The van der Waals surface area contributed by atoms with E-state index in [0.29, 0.717) is 6.54 Å². The molecule has 1 aromatic carbocycles. The maximum Gasteiger partial charge on any atom is 0.315 e. The molecule has 1 aromatic rings. The van der Waals surface area contributed by atoms with Crippen LogP contribution in [0.15, 0.2) is 30.3 Å². The highest BCUT2D eigenvalue weighted by atomic mass is 16.3. The number of carbonyl (C=O) groups is 1. The zero-order valence-corrected chi connectivity index (χ0v) is 14.2. The van der Waals surface area contributed by atoms with Crippen molar-refractivity contribution in [2.75, 3.05) is 20.6 Å². The van der Waals surface area contributed by atoms with Crippen LogP contribution in [0.5, 0.6) is 0 Å². The second-order valence-corrected chi connectivity index (χ2v) is 6.62. The van der Waals surface area contributed by atoms with Gasteiger partial charge in [0, 0.05) is 12.6 Å². The number of urea groups is 1. The maximum absolute atomic E-state index is 12.1. The van der Waals surface area contributed by atoms with Crippen LogP contribution < -0.4 is 10.6 Å². The van der Waals surface area contributed by atoms with Gasteiger partial charge in [-0.2, -0.15) is 0 Å². The zero-order chi connectivity index (χ0) is 16.7. The van der Waals surface area contributed by atoms with E-state index in [1.165, 1.54) is 5.56 Å². The number of nitrogens with zero attached hydrogens (tertiary/aromatic N) is 1. The number of aliphatic hydroxyl groups is 1. The molecule has 0 aliphatic heterocycles. The van der Waals surface area contributed by atoms with Crippen LogP contribution in [0.1, 0.15) is 31.2 Å². The lowest BCUT2D eigenvalue weighted by molar-refractivity contribution is 0.0941. The van der Waals surface area contributed by atoms with E-state index < -0.39 is 6.10 Å². The van der Waals surface area contributed by atoms with Gasteiger partial charge in [-0.15, -0.1) is 0 Å². The summed E-state index contributed by atoms with van der Waals surface area (Å²) < 4.78 is 0. The molecule has 5 heteroatoms. The minimum absolute atomic E-state index is 0.115. The third-order valence-electron chi connectivity index (χ3n) is 4.59. The number of amides is 2. The number of benzene rings is 1. The quantitative estimate of drug-likeness (QED) is 0.749. The fourth-order valence-electron chi connectivity index (χ4n) is 3.03. The molecule has 2 amide bonds. The van der Waals surface area contributed by atoms with Crippen molar-refractivity contribution in [3.63, 3.8) is 0 Å². The first-order valence-electron chi connectivity index (χ1n) is 8.49. The monoisotopic (exact) mass is 319 g/mol. The first-order valence-corrected chi connectivity index (χ1v) is 8.49. The van der Waals surface area contributed by atoms with Crippen molar-refractivity contribution in [1.82, 2.24) is 15.5 Å². The lowest BCUT2D eigenvalue weighted by atomic mass is 9.93. The van der Waals surface area contributed by atoms with Crippen molar-refractivity contribution in [2.45, 2.75) is 50.3 Å². The molecule has 0 aromatic heterocycles. The van der Waals surface area contributed by atoms with Gasteiger partial charge in [0.15, 0.2) is 0 Å². The molecular formula is C18H29N3O2. The van der Waals surface area contributed by atoms with E-state index in [1.54, 1.807) is 0 Å². The van der Waals surface area contributed by atoms with Gasteiger partial charge in [-0.3, -0.25) is 0 Å². The Hall–Kier alpha value is -1.59. The second-order valence-electron chi connectivity index (χ2n) is 6.62. The molecule has 1 aliphatic rings. The van der Waals surface area contributed by atoms with E-state index in [4.69, 9.17) is 0 Å². The topological polar surface area (TPSA) is 64.6 Å². The van der Waals surface area contributed by atoms with Crippen LogP contribution in [0.2, 0.25) is 0 Å². The van der Waals surface area contributed by atoms with Gasteiger partial charge in [0.05, 0.1) is 12.1 Å². The molecule has 128 valence electrons. The van der Waals surface area contributed by atoms with E-state index in [0.717, 1.165) is 32.1 Å². The standard InChI is InChI=1S/C18H29N3O2/c1-21(2)15(12-14-8-4-3-5-9-14)13-19-18(23)20-16-10-6-7-11-17(16)22/h3-5,8-9,15-17,22H,6-7,10-13H2,1-2H3,(H2,19,20,23). The smallest absolute Gasteiger partial charge is 0.315 e. The molecule has 0 bridgehead atoms. The van der Waals surface area contributed by atoms with Crippen LogP contribution in [0.3, 0.4) is 0 Å². The van der Waals surface area contributed by atoms with Crippen LogP contribution in [-0.2, 0) is 6.42 Å². The third kappa shape index (κ3) is 5.84. The van der Waals surface area contributed by atoms with Crippen LogP contribution in [-0.4, -0.2) is 54.9 Å². The molecule has 1 fully saturated rings. The van der Waals surface area contributed by atoms with Gasteiger partial charge in [0.2, 0.25) is 0 Å². The highest BCUT2D eigenvalue weighted by Gasteiger charge is 2.24. The fraction of sp³-hybridized carbons (Fsp3) is 0.611. The first-order chi connectivity index (χ1) is 11.1. The normalized spacial score (nSPS) is 22.6. The summed E-state index contributed by atoms with van der Waals surface area (Å²) in [6.45, 7) is 0.580. The minimum atomic E-state index is -0.413. The lowest BCUT2D eigenvalue weighted by Gasteiger charge is -2.29. The van der Waals surface area contributed by atoms with Gasteiger partial charge in [-0.25, -0.2) is 4.79 Å². The SMILES string of the molecule is CN(C)C(CNC(=O)NC1CCCCC1O)Cc1ccccc1. The zero-order valence-electron chi connectivity index (χ0n) is 14.2. The second kappa shape index (κ2) is 8.89. The average Bonchev–Trinajstić information content (AvgIpc) is 2.54. The lowest BCUT2D eigenvalue weighted by Crippen LogP contribution is -2.51. The highest BCUT2D eigenvalue weighted by molar-refractivity contribution is 5.74. The molecule has 0 radical (unpaired) electrons. The molecule has 2 rings (SSSR count). The van der Waals surface area contributed by atoms with Gasteiger partial charge in [0.1, 0.15) is 0 Å². The van der Waals surface area contributed by atoms with Gasteiger partial charge < -0.3 is 20.6 Å². The van der Waals surface area contributed by atoms with E-state index >= 15 is 0 Å². The Morgan fingerprint density at radius 2 is 1.96 bits per heavy atom. The Kier molecular flexibility index (Phi) is 6.86. The minimum Gasteiger partial charge on any atom is -0.391 e. The number of hydrogen-bond donors (Lipinski definition) is 3. The summed E-state index contributed by atoms with van der Waals surface area (Å²) in [4.78, 5) is 14.2. The number of nitrogens with one attached hydrogen (secondary N) is 2. The van der Waals surface area contributed by atoms with Crippen LogP contribution >= 0.6 is 0 Å². The van der Waals surface area contributed by atoms with E-state index in [9.17, 15) is 9.90 Å². The molecular weight excluding hydrogens is 290 g/mol. The molecule has 0 spiro atoms. The Bertz CT molecular complexity index is 478. The molecule has 0 heterocycles. The number of likely N-dealkylation sites (N-methyl/N-ethyl adjacent to an activating group) is 1. The van der Waals surface area contributed by atoms with Gasteiger partial charge in [0.25, 0.3) is 0 Å². The molecule has 1 aliphatic carbocycles. The summed E-state index contributed by atoms with van der Waals surface area (Å²) in [5.74, 6) is 0. The third-order valence-corrected chi connectivity index (χ3v) is 4.59. The molecule has 3 unspecified atom stereocenters. The number of rotatable bonds is 6. The maximum atomic E-state index is 12.1. The first kappa shape index (κ1) is 17.8. The Morgan fingerprint density at radius 3 is 2.61 bits per heavy atom. The summed E-state index contributed by atoms with van der Waals surface area (Å²) in [5, 5.41) is 15.8. The van der Waals surface area contributed by atoms with E-state index in [2.05, 4.69) is 27.7 Å². The van der Waals surface area contributed by atoms with Crippen molar-refractivity contribution in [1.29, 1.82) is 0 Å². The van der Waals surface area contributed by atoms with Crippen LogP contribution in [0, 0.1) is 0 Å². The fourth-order valence-corrected chi connectivity index (χ4v) is 3.03. The largest absolute Gasteiger partial charge is 0.391 e. The van der Waals surface area contributed by atoms with Crippen LogP contribution in [0.4, 0.5) is 4.79 Å². The molecule has 5 nitrogen and oxygen atoms in total. The van der Waals surface area contributed by atoms with Crippen molar-refractivity contribution >= 4 is 6.03 Å². The number of aliphatic hydroxyl groups excluding tert-OH is 1. The summed E-state index contributed by atoms with van der Waals surface area (Å²) in [6, 6.07) is 10.2. The summed E-state index contributed by atoms with van der Waals surface area (Å²) in [5.41, 5.74) is 1.26. The molecule has 1 saturated carbocycles.